The number of hydrogen-bond donors (Lipinski definition) is 0. The number of aromatic nitrogens is 1. The van der Waals surface area contributed by atoms with Crippen molar-refractivity contribution < 1.29 is 4.79 Å². The first-order valence-corrected chi connectivity index (χ1v) is 4.14. The summed E-state index contributed by atoms with van der Waals surface area (Å²) >= 11 is 0. The van der Waals surface area contributed by atoms with E-state index in [2.05, 4.69) is 0 Å². The average Bonchev–Trinajstić information content (AvgIpc) is 2.70. The van der Waals surface area contributed by atoms with Crippen LogP contribution in [-0.4, -0.2) is 10.5 Å². The first kappa shape index (κ1) is 7.84. The summed E-state index contributed by atoms with van der Waals surface area (Å²) in [5, 5.41) is 0. The highest BCUT2D eigenvalue weighted by atomic mass is 16.1. The predicted octanol–water partition coefficient (Wildman–Crippen LogP) is 1.91. The Kier molecular flexibility index (Phi) is 1.99. The minimum atomic E-state index is 0.0116. The van der Waals surface area contributed by atoms with E-state index in [0.29, 0.717) is 5.57 Å². The van der Waals surface area contributed by atoms with Crippen molar-refractivity contribution in [3.05, 3.63) is 54.4 Å². The van der Waals surface area contributed by atoms with Crippen LogP contribution in [0.2, 0.25) is 0 Å². The molecule has 1 aromatic rings. The lowest BCUT2D eigenvalue weighted by Gasteiger charge is -2.15. The molecular weight excluding hydrogens is 162 g/mol. The molecule has 0 radical (unpaired) electrons. The second-order valence-corrected chi connectivity index (χ2v) is 2.88. The molecule has 2 rings (SSSR count). The number of allylic oxidation sites excluding steroid dienone is 5. The van der Waals surface area contributed by atoms with E-state index in [1.165, 1.54) is 0 Å². The molecule has 0 bridgehead atoms. The van der Waals surface area contributed by atoms with Crippen molar-refractivity contribution in [2.75, 3.05) is 0 Å². The largest absolute Gasteiger partial charge is 0.343 e. The van der Waals surface area contributed by atoms with Crippen LogP contribution in [-0.2, 0) is 4.79 Å². The third-order valence-corrected chi connectivity index (χ3v) is 2.07. The van der Waals surface area contributed by atoms with Crippen LogP contribution in [0.1, 0.15) is 6.04 Å². The number of rotatable bonds is 1. The van der Waals surface area contributed by atoms with Gasteiger partial charge in [-0.15, -0.1) is 0 Å². The molecule has 1 aliphatic carbocycles. The van der Waals surface area contributed by atoms with Gasteiger partial charge in [-0.2, -0.15) is 0 Å². The average molecular weight is 171 g/mol. The van der Waals surface area contributed by atoms with Crippen LogP contribution in [0.15, 0.2) is 54.4 Å². The first-order valence-electron chi connectivity index (χ1n) is 4.14. The van der Waals surface area contributed by atoms with E-state index >= 15 is 0 Å². The quantitative estimate of drug-likeness (QED) is 0.591. The number of carbonyl (C=O) groups excluding carboxylic acids is 1. The van der Waals surface area contributed by atoms with Gasteiger partial charge in [-0.25, -0.2) is 4.79 Å². The molecule has 1 atom stereocenters. The van der Waals surface area contributed by atoms with Gasteiger partial charge in [-0.3, -0.25) is 0 Å². The molecule has 0 spiro atoms. The number of nitrogens with zero attached hydrogens (tertiary/aromatic N) is 1. The van der Waals surface area contributed by atoms with Crippen LogP contribution in [0.25, 0.3) is 0 Å². The normalized spacial score (nSPS) is 20.3. The molecular formula is C11H9NO. The summed E-state index contributed by atoms with van der Waals surface area (Å²) in [6, 6.07) is 3.89. The maximum atomic E-state index is 10.6. The fraction of sp³-hybridized carbons (Fsp3) is 0.0909. The Morgan fingerprint density at radius 1 is 1.23 bits per heavy atom. The zero-order valence-corrected chi connectivity index (χ0v) is 7.05. The van der Waals surface area contributed by atoms with E-state index in [1.54, 1.807) is 6.08 Å². The Morgan fingerprint density at radius 2 is 2.00 bits per heavy atom. The monoisotopic (exact) mass is 171 g/mol. The standard InChI is InChI=1S/C11H9NO/c13-9-10-5-1-2-6-11(10)12-7-3-4-8-12/h1-8,11H. The maximum Gasteiger partial charge on any atom is 0.130 e. The molecule has 0 aliphatic heterocycles. The Labute approximate surface area is 76.5 Å². The second-order valence-electron chi connectivity index (χ2n) is 2.88. The molecule has 0 saturated carbocycles. The zero-order chi connectivity index (χ0) is 9.10. The van der Waals surface area contributed by atoms with Crippen molar-refractivity contribution in [1.29, 1.82) is 0 Å². The maximum absolute atomic E-state index is 10.6. The highest BCUT2D eigenvalue weighted by molar-refractivity contribution is 5.61. The summed E-state index contributed by atoms with van der Waals surface area (Å²) in [4.78, 5) is 10.6. The predicted molar refractivity (Wildman–Crippen MR) is 51.0 cm³/mol. The van der Waals surface area contributed by atoms with Gasteiger partial charge in [0.1, 0.15) is 5.94 Å². The molecule has 0 aromatic carbocycles. The summed E-state index contributed by atoms with van der Waals surface area (Å²) in [5.41, 5.74) is 0.665. The Bertz CT molecular complexity index is 392. The molecule has 0 saturated heterocycles. The van der Waals surface area contributed by atoms with Gasteiger partial charge in [0.15, 0.2) is 0 Å². The molecule has 0 fully saturated rings. The topological polar surface area (TPSA) is 22.0 Å². The van der Waals surface area contributed by atoms with Gasteiger partial charge >= 0.3 is 0 Å². The van der Waals surface area contributed by atoms with Crippen molar-refractivity contribution in [2.45, 2.75) is 6.04 Å². The van der Waals surface area contributed by atoms with Crippen LogP contribution in [0.5, 0.6) is 0 Å². The van der Waals surface area contributed by atoms with Crippen LogP contribution < -0.4 is 0 Å². The minimum Gasteiger partial charge on any atom is -0.343 e. The van der Waals surface area contributed by atoms with Crippen molar-refractivity contribution in [2.24, 2.45) is 0 Å². The van der Waals surface area contributed by atoms with Gasteiger partial charge in [0, 0.05) is 12.4 Å². The Morgan fingerprint density at radius 3 is 2.69 bits per heavy atom. The fourth-order valence-corrected chi connectivity index (χ4v) is 1.42. The van der Waals surface area contributed by atoms with E-state index in [9.17, 15) is 4.79 Å². The molecule has 1 unspecified atom stereocenters. The van der Waals surface area contributed by atoms with E-state index in [0.717, 1.165) is 0 Å². The molecule has 1 aromatic heterocycles. The summed E-state index contributed by atoms with van der Waals surface area (Å²) in [7, 11) is 0. The van der Waals surface area contributed by atoms with Crippen LogP contribution in [0.4, 0.5) is 0 Å². The molecule has 1 aliphatic rings. The molecule has 0 N–H and O–H groups in total. The van der Waals surface area contributed by atoms with Gasteiger partial charge in [0.2, 0.25) is 0 Å². The summed E-state index contributed by atoms with van der Waals surface area (Å²) in [6.45, 7) is 0. The van der Waals surface area contributed by atoms with Gasteiger partial charge in [-0.05, 0) is 18.2 Å². The zero-order valence-electron chi connectivity index (χ0n) is 7.05. The van der Waals surface area contributed by atoms with Crippen LogP contribution >= 0.6 is 0 Å². The summed E-state index contributed by atoms with van der Waals surface area (Å²) < 4.78 is 1.97. The van der Waals surface area contributed by atoms with Crippen molar-refractivity contribution in [3.8, 4) is 0 Å². The fourth-order valence-electron chi connectivity index (χ4n) is 1.42. The van der Waals surface area contributed by atoms with Gasteiger partial charge < -0.3 is 4.57 Å². The number of hydrogen-bond acceptors (Lipinski definition) is 1. The van der Waals surface area contributed by atoms with Crippen LogP contribution in [0, 0.1) is 0 Å². The van der Waals surface area contributed by atoms with E-state index in [4.69, 9.17) is 0 Å². The molecule has 64 valence electrons. The van der Waals surface area contributed by atoms with E-state index < -0.39 is 0 Å². The van der Waals surface area contributed by atoms with Crippen molar-refractivity contribution in [3.63, 3.8) is 0 Å². The second kappa shape index (κ2) is 3.30. The summed E-state index contributed by atoms with van der Waals surface area (Å²) in [5.74, 6) is 1.95. The van der Waals surface area contributed by atoms with Gasteiger partial charge in [-0.1, -0.05) is 18.2 Å². The Hall–Kier alpha value is -1.79. The highest BCUT2D eigenvalue weighted by Crippen LogP contribution is 2.21. The van der Waals surface area contributed by atoms with E-state index in [-0.39, 0.29) is 6.04 Å². The lowest BCUT2D eigenvalue weighted by molar-refractivity contribution is 0.563. The van der Waals surface area contributed by atoms with E-state index in [1.807, 2.05) is 53.3 Å². The molecule has 13 heavy (non-hydrogen) atoms. The van der Waals surface area contributed by atoms with Crippen molar-refractivity contribution >= 4 is 5.94 Å². The summed E-state index contributed by atoms with van der Waals surface area (Å²) in [6.07, 6.45) is 11.4. The first-order chi connectivity index (χ1) is 6.42. The van der Waals surface area contributed by atoms with Crippen LogP contribution in [0.3, 0.4) is 0 Å². The lowest BCUT2D eigenvalue weighted by Crippen LogP contribution is -2.08. The molecule has 1 heterocycles. The third-order valence-electron chi connectivity index (χ3n) is 2.07. The van der Waals surface area contributed by atoms with Crippen molar-refractivity contribution in [1.82, 2.24) is 4.57 Å². The smallest absolute Gasteiger partial charge is 0.130 e. The Balaban J connectivity index is 2.39. The lowest BCUT2D eigenvalue weighted by atomic mass is 10.0. The van der Waals surface area contributed by atoms with Gasteiger partial charge in [0.25, 0.3) is 0 Å². The third kappa shape index (κ3) is 1.40. The molecule has 2 heteroatoms. The molecule has 2 nitrogen and oxygen atoms in total. The van der Waals surface area contributed by atoms with Gasteiger partial charge in [0.05, 0.1) is 11.6 Å². The highest BCUT2D eigenvalue weighted by Gasteiger charge is 2.12. The molecule has 0 amide bonds. The SMILES string of the molecule is O=C=C1C=CC=CC1n1cccc1. The minimum absolute atomic E-state index is 0.0116.